The van der Waals surface area contributed by atoms with Crippen molar-refractivity contribution in [2.24, 2.45) is 17.1 Å². The maximum Gasteiger partial charge on any atom is 0.227 e. The number of rotatable bonds is 4. The van der Waals surface area contributed by atoms with Crippen LogP contribution >= 0.6 is 0 Å². The van der Waals surface area contributed by atoms with E-state index in [9.17, 15) is 9.90 Å². The minimum atomic E-state index is -0.314. The first kappa shape index (κ1) is 14.8. The monoisotopic (exact) mass is 268 g/mol. The molecular weight excluding hydrogens is 240 g/mol. The molecule has 0 aliphatic heterocycles. The molecule has 2 aliphatic rings. The van der Waals surface area contributed by atoms with Gasteiger partial charge in [-0.1, -0.05) is 25.7 Å². The molecule has 0 aromatic heterocycles. The van der Waals surface area contributed by atoms with Crippen molar-refractivity contribution in [3.05, 3.63) is 0 Å². The molecular formula is C15H28N2O2. The van der Waals surface area contributed by atoms with Gasteiger partial charge in [-0.15, -0.1) is 0 Å². The molecule has 0 heterocycles. The lowest BCUT2D eigenvalue weighted by Gasteiger charge is -2.35. The summed E-state index contributed by atoms with van der Waals surface area (Å²) in [5.74, 6) is 0.584. The van der Waals surface area contributed by atoms with Crippen molar-refractivity contribution >= 4 is 5.91 Å². The van der Waals surface area contributed by atoms with E-state index in [1.54, 1.807) is 0 Å². The number of nitrogens with two attached hydrogens (primary N) is 1. The number of carbonyl (C=O) groups excluding carboxylic acids is 1. The average Bonchev–Trinajstić information content (AvgIpc) is 2.45. The van der Waals surface area contributed by atoms with Crippen molar-refractivity contribution < 1.29 is 9.90 Å². The Labute approximate surface area is 116 Å². The molecule has 0 aromatic carbocycles. The maximum atomic E-state index is 12.4. The molecule has 2 fully saturated rings. The summed E-state index contributed by atoms with van der Waals surface area (Å²) in [7, 11) is 0. The van der Waals surface area contributed by atoms with E-state index in [0.29, 0.717) is 19.0 Å². The Morgan fingerprint density at radius 2 is 1.95 bits per heavy atom. The highest BCUT2D eigenvalue weighted by molar-refractivity contribution is 5.83. The van der Waals surface area contributed by atoms with Gasteiger partial charge in [-0.3, -0.25) is 4.79 Å². The average molecular weight is 268 g/mol. The van der Waals surface area contributed by atoms with Crippen molar-refractivity contribution in [1.29, 1.82) is 0 Å². The lowest BCUT2D eigenvalue weighted by molar-refractivity contribution is -0.132. The highest BCUT2D eigenvalue weighted by Crippen LogP contribution is 2.35. The van der Waals surface area contributed by atoms with Crippen LogP contribution in [0.3, 0.4) is 0 Å². The largest absolute Gasteiger partial charge is 0.393 e. The highest BCUT2D eigenvalue weighted by Gasteiger charge is 2.38. The van der Waals surface area contributed by atoms with E-state index in [1.807, 2.05) is 0 Å². The van der Waals surface area contributed by atoms with Gasteiger partial charge in [0, 0.05) is 13.1 Å². The fraction of sp³-hybridized carbons (Fsp3) is 0.933. The molecule has 0 saturated heterocycles. The van der Waals surface area contributed by atoms with Gasteiger partial charge >= 0.3 is 0 Å². The van der Waals surface area contributed by atoms with Gasteiger partial charge in [0.05, 0.1) is 11.5 Å². The van der Waals surface area contributed by atoms with Gasteiger partial charge < -0.3 is 16.2 Å². The Morgan fingerprint density at radius 1 is 1.21 bits per heavy atom. The van der Waals surface area contributed by atoms with Crippen molar-refractivity contribution in [2.75, 3.05) is 13.1 Å². The number of amides is 1. The highest BCUT2D eigenvalue weighted by atomic mass is 16.3. The van der Waals surface area contributed by atoms with Crippen LogP contribution in [0, 0.1) is 11.3 Å². The molecule has 2 aliphatic carbocycles. The van der Waals surface area contributed by atoms with Crippen LogP contribution < -0.4 is 11.1 Å². The predicted molar refractivity (Wildman–Crippen MR) is 75.5 cm³/mol. The van der Waals surface area contributed by atoms with Crippen LogP contribution in [-0.4, -0.2) is 30.2 Å². The van der Waals surface area contributed by atoms with E-state index in [1.165, 1.54) is 6.42 Å². The Kier molecular flexibility index (Phi) is 5.22. The Hall–Kier alpha value is -0.610. The molecule has 4 nitrogen and oxygen atoms in total. The molecule has 2 saturated carbocycles. The smallest absolute Gasteiger partial charge is 0.227 e. The van der Waals surface area contributed by atoms with E-state index in [0.717, 1.165) is 51.4 Å². The Balaban J connectivity index is 1.82. The molecule has 2 atom stereocenters. The second kappa shape index (κ2) is 6.71. The number of aliphatic hydroxyl groups excluding tert-OH is 1. The normalized spacial score (nSPS) is 30.8. The fourth-order valence-electron chi connectivity index (χ4n) is 3.62. The van der Waals surface area contributed by atoms with Crippen molar-refractivity contribution in [3.8, 4) is 0 Å². The summed E-state index contributed by atoms with van der Waals surface area (Å²) in [4.78, 5) is 12.4. The maximum absolute atomic E-state index is 12.4. The quantitative estimate of drug-likeness (QED) is 0.724. The van der Waals surface area contributed by atoms with Crippen LogP contribution in [0.25, 0.3) is 0 Å². The Bertz CT molecular complexity index is 301. The molecule has 2 rings (SSSR count). The minimum Gasteiger partial charge on any atom is -0.393 e. The van der Waals surface area contributed by atoms with E-state index in [4.69, 9.17) is 5.73 Å². The standard InChI is InChI=1S/C15H28N2O2/c16-11-15(7-2-1-3-8-15)14(19)17-10-12-5-4-6-13(18)9-12/h12-13,18H,1-11,16H2,(H,17,19). The molecule has 19 heavy (non-hydrogen) atoms. The molecule has 110 valence electrons. The first-order valence-electron chi connectivity index (χ1n) is 7.83. The number of aliphatic hydroxyl groups is 1. The van der Waals surface area contributed by atoms with Crippen LogP contribution in [0.4, 0.5) is 0 Å². The van der Waals surface area contributed by atoms with E-state index < -0.39 is 0 Å². The van der Waals surface area contributed by atoms with E-state index >= 15 is 0 Å². The summed E-state index contributed by atoms with van der Waals surface area (Å²) in [6.45, 7) is 1.17. The molecule has 1 amide bonds. The third kappa shape index (κ3) is 3.69. The van der Waals surface area contributed by atoms with Crippen LogP contribution in [0.2, 0.25) is 0 Å². The van der Waals surface area contributed by atoms with Gasteiger partial charge in [0.1, 0.15) is 0 Å². The van der Waals surface area contributed by atoms with Gasteiger partial charge in [0.15, 0.2) is 0 Å². The summed E-state index contributed by atoms with van der Waals surface area (Å²) in [6, 6.07) is 0. The molecule has 0 bridgehead atoms. The molecule has 0 aromatic rings. The lowest BCUT2D eigenvalue weighted by atomic mass is 9.73. The van der Waals surface area contributed by atoms with Gasteiger partial charge in [-0.2, -0.15) is 0 Å². The molecule has 2 unspecified atom stereocenters. The molecule has 0 spiro atoms. The zero-order valence-corrected chi connectivity index (χ0v) is 11.9. The van der Waals surface area contributed by atoms with Crippen LogP contribution in [0.1, 0.15) is 57.8 Å². The van der Waals surface area contributed by atoms with Crippen molar-refractivity contribution in [3.63, 3.8) is 0 Å². The molecule has 0 radical (unpaired) electrons. The second-order valence-corrected chi connectivity index (χ2v) is 6.44. The third-order valence-electron chi connectivity index (χ3n) is 4.99. The number of nitrogens with one attached hydrogen (secondary N) is 1. The first-order chi connectivity index (χ1) is 9.16. The number of hydrogen-bond acceptors (Lipinski definition) is 3. The molecule has 4 N–H and O–H groups in total. The summed E-state index contributed by atoms with van der Waals surface area (Å²) in [5.41, 5.74) is 5.56. The molecule has 4 heteroatoms. The van der Waals surface area contributed by atoms with Crippen LogP contribution in [-0.2, 0) is 4.79 Å². The predicted octanol–water partition coefficient (Wildman–Crippen LogP) is 1.56. The van der Waals surface area contributed by atoms with Crippen LogP contribution in [0.15, 0.2) is 0 Å². The summed E-state index contributed by atoms with van der Waals surface area (Å²) >= 11 is 0. The van der Waals surface area contributed by atoms with Crippen LogP contribution in [0.5, 0.6) is 0 Å². The lowest BCUT2D eigenvalue weighted by Crippen LogP contribution is -2.48. The number of hydrogen-bond donors (Lipinski definition) is 3. The van der Waals surface area contributed by atoms with Gasteiger partial charge in [-0.25, -0.2) is 0 Å². The van der Waals surface area contributed by atoms with E-state index in [-0.39, 0.29) is 17.4 Å². The van der Waals surface area contributed by atoms with Gasteiger partial charge in [-0.05, 0) is 38.0 Å². The third-order valence-corrected chi connectivity index (χ3v) is 4.99. The summed E-state index contributed by atoms with van der Waals surface area (Å²) < 4.78 is 0. The summed E-state index contributed by atoms with van der Waals surface area (Å²) in [6.07, 6.45) is 9.09. The second-order valence-electron chi connectivity index (χ2n) is 6.44. The fourth-order valence-corrected chi connectivity index (χ4v) is 3.62. The zero-order chi connectivity index (χ0) is 13.7. The minimum absolute atomic E-state index is 0.148. The van der Waals surface area contributed by atoms with Gasteiger partial charge in [0.2, 0.25) is 5.91 Å². The number of carbonyl (C=O) groups is 1. The van der Waals surface area contributed by atoms with Crippen molar-refractivity contribution in [1.82, 2.24) is 5.32 Å². The van der Waals surface area contributed by atoms with E-state index in [2.05, 4.69) is 5.32 Å². The topological polar surface area (TPSA) is 75.4 Å². The summed E-state index contributed by atoms with van der Waals surface area (Å²) in [5, 5.41) is 12.8. The SMILES string of the molecule is NCC1(C(=O)NCC2CCCC(O)C2)CCCCC1. The Morgan fingerprint density at radius 3 is 2.58 bits per heavy atom. The van der Waals surface area contributed by atoms with Gasteiger partial charge in [0.25, 0.3) is 0 Å². The van der Waals surface area contributed by atoms with Crippen molar-refractivity contribution in [2.45, 2.75) is 63.9 Å². The zero-order valence-electron chi connectivity index (χ0n) is 11.9. The first-order valence-corrected chi connectivity index (χ1v) is 7.83.